The van der Waals surface area contributed by atoms with Gasteiger partial charge in [0.05, 0.1) is 24.9 Å². The van der Waals surface area contributed by atoms with Crippen molar-refractivity contribution in [1.82, 2.24) is 9.03 Å². The van der Waals surface area contributed by atoms with Gasteiger partial charge in [-0.2, -0.15) is 17.4 Å². The molecule has 0 amide bonds. The standard InChI is InChI=1S/C14H22N2O4S/c1-11-8-16(9-12(2)20-11)21(18,19)15-14(10-17)13-6-4-3-5-7-13/h3-7,11-12,14-15,17H,8-10H2,1-2H3/t11?,12?,14-/m1/s1. The highest BCUT2D eigenvalue weighted by Gasteiger charge is 2.32. The normalized spacial score (nSPS) is 25.7. The number of morpholine rings is 1. The Bertz CT molecular complexity index is 539. The van der Waals surface area contributed by atoms with Gasteiger partial charge in [0.25, 0.3) is 10.2 Å². The molecule has 1 aliphatic heterocycles. The maximum Gasteiger partial charge on any atom is 0.280 e. The van der Waals surface area contributed by atoms with Crippen molar-refractivity contribution in [3.05, 3.63) is 35.9 Å². The Balaban J connectivity index is 2.12. The third kappa shape index (κ3) is 4.24. The first kappa shape index (κ1) is 16.4. The van der Waals surface area contributed by atoms with Gasteiger partial charge >= 0.3 is 0 Å². The summed E-state index contributed by atoms with van der Waals surface area (Å²) in [6.07, 6.45) is -0.288. The Morgan fingerprint density at radius 1 is 1.29 bits per heavy atom. The number of nitrogens with one attached hydrogen (secondary N) is 1. The lowest BCUT2D eigenvalue weighted by molar-refractivity contribution is -0.0445. The lowest BCUT2D eigenvalue weighted by Crippen LogP contribution is -2.52. The number of aliphatic hydroxyl groups is 1. The first-order chi connectivity index (χ1) is 9.92. The van der Waals surface area contributed by atoms with Gasteiger partial charge in [0.1, 0.15) is 0 Å². The van der Waals surface area contributed by atoms with Gasteiger partial charge in [-0.25, -0.2) is 0 Å². The van der Waals surface area contributed by atoms with Crippen LogP contribution in [0.4, 0.5) is 0 Å². The van der Waals surface area contributed by atoms with Gasteiger partial charge < -0.3 is 9.84 Å². The van der Waals surface area contributed by atoms with Crippen molar-refractivity contribution >= 4 is 10.2 Å². The molecule has 1 aliphatic rings. The molecule has 7 heteroatoms. The summed E-state index contributed by atoms with van der Waals surface area (Å²) >= 11 is 0. The van der Waals surface area contributed by atoms with Gasteiger partial charge in [-0.05, 0) is 19.4 Å². The van der Waals surface area contributed by atoms with Gasteiger partial charge in [0, 0.05) is 13.1 Å². The summed E-state index contributed by atoms with van der Waals surface area (Å²) in [4.78, 5) is 0. The first-order valence-electron chi connectivity index (χ1n) is 7.01. The molecule has 0 radical (unpaired) electrons. The second-order valence-electron chi connectivity index (χ2n) is 5.34. The smallest absolute Gasteiger partial charge is 0.280 e. The van der Waals surface area contributed by atoms with Crippen molar-refractivity contribution < 1.29 is 18.3 Å². The molecular formula is C14H22N2O4S. The third-order valence-electron chi connectivity index (χ3n) is 3.40. The summed E-state index contributed by atoms with van der Waals surface area (Å²) in [5.41, 5.74) is 0.734. The topological polar surface area (TPSA) is 78.9 Å². The summed E-state index contributed by atoms with van der Waals surface area (Å²) < 4.78 is 34.4. The summed E-state index contributed by atoms with van der Waals surface area (Å²) in [5.74, 6) is 0. The minimum absolute atomic E-state index is 0.144. The highest BCUT2D eigenvalue weighted by Crippen LogP contribution is 2.18. The van der Waals surface area contributed by atoms with E-state index in [1.807, 2.05) is 32.0 Å². The van der Waals surface area contributed by atoms with Crippen molar-refractivity contribution in [2.24, 2.45) is 0 Å². The highest BCUT2D eigenvalue weighted by molar-refractivity contribution is 7.87. The zero-order chi connectivity index (χ0) is 15.5. The van der Waals surface area contributed by atoms with Crippen LogP contribution in [0.3, 0.4) is 0 Å². The zero-order valence-electron chi connectivity index (χ0n) is 12.3. The van der Waals surface area contributed by atoms with E-state index in [1.54, 1.807) is 12.1 Å². The number of nitrogens with zero attached hydrogens (tertiary/aromatic N) is 1. The molecule has 21 heavy (non-hydrogen) atoms. The number of rotatable bonds is 5. The van der Waals surface area contributed by atoms with Crippen LogP contribution in [-0.2, 0) is 14.9 Å². The molecule has 6 nitrogen and oxygen atoms in total. The summed E-state index contributed by atoms with van der Waals surface area (Å²) in [6.45, 7) is 4.02. The average molecular weight is 314 g/mol. The molecule has 3 atom stereocenters. The summed E-state index contributed by atoms with van der Waals surface area (Å²) in [7, 11) is -3.67. The number of hydrogen-bond acceptors (Lipinski definition) is 4. The fourth-order valence-corrected chi connectivity index (χ4v) is 4.01. The van der Waals surface area contributed by atoms with Gasteiger partial charge in [-0.3, -0.25) is 0 Å². The Morgan fingerprint density at radius 3 is 2.38 bits per heavy atom. The second-order valence-corrected chi connectivity index (χ2v) is 7.05. The van der Waals surface area contributed by atoms with Gasteiger partial charge in [-0.1, -0.05) is 30.3 Å². The lowest BCUT2D eigenvalue weighted by atomic mass is 10.1. The van der Waals surface area contributed by atoms with Crippen LogP contribution in [0.1, 0.15) is 25.5 Å². The number of aliphatic hydroxyl groups excluding tert-OH is 1. The van der Waals surface area contributed by atoms with E-state index < -0.39 is 16.3 Å². The number of hydrogen-bond donors (Lipinski definition) is 2. The Morgan fingerprint density at radius 2 is 1.86 bits per heavy atom. The van der Waals surface area contributed by atoms with Gasteiger partial charge in [-0.15, -0.1) is 0 Å². The molecule has 0 bridgehead atoms. The Labute approximate surface area is 125 Å². The molecule has 2 unspecified atom stereocenters. The summed E-state index contributed by atoms with van der Waals surface area (Å²) in [5, 5.41) is 9.47. The van der Waals surface area contributed by atoms with Crippen molar-refractivity contribution in [1.29, 1.82) is 0 Å². The number of benzene rings is 1. The van der Waals surface area contributed by atoms with Gasteiger partial charge in [0.2, 0.25) is 0 Å². The molecule has 0 saturated carbocycles. The van der Waals surface area contributed by atoms with E-state index in [9.17, 15) is 13.5 Å². The summed E-state index contributed by atoms with van der Waals surface area (Å²) in [6, 6.07) is 8.39. The van der Waals surface area contributed by atoms with Crippen LogP contribution in [0.5, 0.6) is 0 Å². The van der Waals surface area contributed by atoms with Crippen LogP contribution in [-0.4, -0.2) is 49.7 Å². The quantitative estimate of drug-likeness (QED) is 0.837. The van der Waals surface area contributed by atoms with Crippen LogP contribution >= 0.6 is 0 Å². The molecule has 0 aromatic heterocycles. The van der Waals surface area contributed by atoms with Gasteiger partial charge in [0.15, 0.2) is 0 Å². The van der Waals surface area contributed by atoms with Crippen LogP contribution in [0.15, 0.2) is 30.3 Å². The molecule has 1 aromatic carbocycles. The average Bonchev–Trinajstić information content (AvgIpc) is 2.45. The predicted molar refractivity (Wildman–Crippen MR) is 79.9 cm³/mol. The van der Waals surface area contributed by atoms with E-state index in [1.165, 1.54) is 4.31 Å². The predicted octanol–water partition coefficient (Wildman–Crippen LogP) is 0.664. The minimum atomic E-state index is -3.67. The molecule has 1 fully saturated rings. The van der Waals surface area contributed by atoms with E-state index in [-0.39, 0.29) is 18.8 Å². The van der Waals surface area contributed by atoms with E-state index in [0.717, 1.165) is 5.56 Å². The SMILES string of the molecule is CC1CN(S(=O)(=O)N[C@H](CO)c2ccccc2)CC(C)O1. The maximum atomic E-state index is 12.5. The molecule has 1 aromatic rings. The molecule has 0 aliphatic carbocycles. The van der Waals surface area contributed by atoms with Crippen molar-refractivity contribution in [2.75, 3.05) is 19.7 Å². The molecule has 118 valence electrons. The first-order valence-corrected chi connectivity index (χ1v) is 8.45. The van der Waals surface area contributed by atoms with Crippen molar-refractivity contribution in [2.45, 2.75) is 32.1 Å². The molecule has 2 N–H and O–H groups in total. The second kappa shape index (κ2) is 6.85. The largest absolute Gasteiger partial charge is 0.394 e. The van der Waals surface area contributed by atoms with Crippen molar-refractivity contribution in [3.8, 4) is 0 Å². The minimum Gasteiger partial charge on any atom is -0.394 e. The fourth-order valence-electron chi connectivity index (χ4n) is 2.48. The zero-order valence-corrected chi connectivity index (χ0v) is 13.1. The van der Waals surface area contributed by atoms with E-state index in [2.05, 4.69) is 4.72 Å². The van der Waals surface area contributed by atoms with Crippen LogP contribution in [0, 0.1) is 0 Å². The van der Waals surface area contributed by atoms with Crippen LogP contribution in [0.25, 0.3) is 0 Å². The van der Waals surface area contributed by atoms with E-state index in [4.69, 9.17) is 4.74 Å². The molecule has 1 heterocycles. The highest BCUT2D eigenvalue weighted by atomic mass is 32.2. The Hall–Kier alpha value is -0.990. The molecular weight excluding hydrogens is 292 g/mol. The maximum absolute atomic E-state index is 12.5. The monoisotopic (exact) mass is 314 g/mol. The van der Waals surface area contributed by atoms with Crippen molar-refractivity contribution in [3.63, 3.8) is 0 Å². The van der Waals surface area contributed by atoms with E-state index in [0.29, 0.717) is 13.1 Å². The van der Waals surface area contributed by atoms with Crippen LogP contribution < -0.4 is 4.72 Å². The fraction of sp³-hybridized carbons (Fsp3) is 0.571. The Kier molecular flexibility index (Phi) is 5.34. The molecule has 0 spiro atoms. The third-order valence-corrected chi connectivity index (χ3v) is 4.96. The lowest BCUT2D eigenvalue weighted by Gasteiger charge is -2.35. The molecule has 2 rings (SSSR count). The van der Waals surface area contributed by atoms with Crippen LogP contribution in [0.2, 0.25) is 0 Å². The number of ether oxygens (including phenoxy) is 1. The molecule has 1 saturated heterocycles. The van der Waals surface area contributed by atoms with E-state index >= 15 is 0 Å².